The van der Waals surface area contributed by atoms with Crippen LogP contribution in [-0.4, -0.2) is 71.6 Å². The summed E-state index contributed by atoms with van der Waals surface area (Å²) in [5.74, 6) is 1.44. The molecule has 27 heavy (non-hydrogen) atoms. The lowest BCUT2D eigenvalue weighted by Gasteiger charge is -2.35. The van der Waals surface area contributed by atoms with Gasteiger partial charge >= 0.3 is 0 Å². The van der Waals surface area contributed by atoms with Crippen LogP contribution in [0, 0.1) is 0 Å². The van der Waals surface area contributed by atoms with Crippen LogP contribution < -0.4 is 15.2 Å². The number of benzene rings is 1. The van der Waals surface area contributed by atoms with E-state index >= 15 is 0 Å². The highest BCUT2D eigenvalue weighted by molar-refractivity contribution is 5.78. The molecular formula is C19H23N5O3. The molecule has 1 amide bonds. The number of carbonyl (C=O) groups excluding carboxylic acids is 1. The Balaban J connectivity index is 1.33. The van der Waals surface area contributed by atoms with Crippen molar-refractivity contribution in [2.75, 3.05) is 50.8 Å². The number of amides is 1. The summed E-state index contributed by atoms with van der Waals surface area (Å²) < 4.78 is 5.77. The average Bonchev–Trinajstić information content (AvgIpc) is 2.90. The van der Waals surface area contributed by atoms with Gasteiger partial charge in [0.05, 0.1) is 6.54 Å². The second kappa shape index (κ2) is 7.79. The number of aromatic nitrogens is 2. The normalized spacial score (nSPS) is 17.8. The number of hydrogen-bond donors (Lipinski definition) is 1. The van der Waals surface area contributed by atoms with Crippen LogP contribution in [0.1, 0.15) is 5.56 Å². The van der Waals surface area contributed by atoms with E-state index in [-0.39, 0.29) is 11.5 Å². The highest BCUT2D eigenvalue weighted by Crippen LogP contribution is 2.22. The zero-order chi connectivity index (χ0) is 18.6. The van der Waals surface area contributed by atoms with E-state index < -0.39 is 0 Å². The monoisotopic (exact) mass is 369 g/mol. The van der Waals surface area contributed by atoms with Gasteiger partial charge in [0.1, 0.15) is 12.4 Å². The quantitative estimate of drug-likeness (QED) is 0.839. The van der Waals surface area contributed by atoms with Crippen molar-refractivity contribution in [2.24, 2.45) is 0 Å². The highest BCUT2D eigenvalue weighted by atomic mass is 16.5. The van der Waals surface area contributed by atoms with Gasteiger partial charge in [-0.25, -0.2) is 4.98 Å². The first-order valence-electron chi connectivity index (χ1n) is 9.20. The van der Waals surface area contributed by atoms with Crippen molar-refractivity contribution < 1.29 is 9.53 Å². The molecule has 8 nitrogen and oxygen atoms in total. The van der Waals surface area contributed by atoms with Gasteiger partial charge in [0.15, 0.2) is 5.82 Å². The molecule has 1 aromatic heterocycles. The molecule has 0 atom stereocenters. The van der Waals surface area contributed by atoms with Crippen LogP contribution in [0.15, 0.2) is 41.5 Å². The Kier molecular flexibility index (Phi) is 5.06. The largest absolute Gasteiger partial charge is 0.492 e. The van der Waals surface area contributed by atoms with Gasteiger partial charge in [-0.05, 0) is 6.07 Å². The van der Waals surface area contributed by atoms with Gasteiger partial charge in [-0.15, -0.1) is 0 Å². The smallest absolute Gasteiger partial charge is 0.290 e. The van der Waals surface area contributed by atoms with Crippen molar-refractivity contribution in [2.45, 2.75) is 6.54 Å². The summed E-state index contributed by atoms with van der Waals surface area (Å²) in [4.78, 5) is 37.3. The number of ether oxygens (including phenoxy) is 1. The average molecular weight is 369 g/mol. The van der Waals surface area contributed by atoms with Gasteiger partial charge in [-0.3, -0.25) is 14.5 Å². The van der Waals surface area contributed by atoms with E-state index in [0.29, 0.717) is 51.7 Å². The number of H-pyrrole nitrogens is 1. The van der Waals surface area contributed by atoms with E-state index in [2.05, 4.69) is 14.9 Å². The minimum absolute atomic E-state index is 0.115. The van der Waals surface area contributed by atoms with Gasteiger partial charge < -0.3 is 19.5 Å². The molecule has 4 rings (SSSR count). The topological polar surface area (TPSA) is 81.8 Å². The number of nitrogens with zero attached hydrogens (tertiary/aromatic N) is 4. The third-order valence-electron chi connectivity index (χ3n) is 5.01. The van der Waals surface area contributed by atoms with Crippen LogP contribution in [0.25, 0.3) is 0 Å². The number of rotatable bonds is 3. The van der Waals surface area contributed by atoms with Crippen molar-refractivity contribution in [1.29, 1.82) is 0 Å². The van der Waals surface area contributed by atoms with E-state index in [1.807, 2.05) is 34.1 Å². The molecule has 0 aliphatic carbocycles. The van der Waals surface area contributed by atoms with Crippen LogP contribution in [0.2, 0.25) is 0 Å². The molecule has 2 aliphatic rings. The van der Waals surface area contributed by atoms with Crippen molar-refractivity contribution >= 4 is 11.7 Å². The first-order chi connectivity index (χ1) is 13.2. The fraction of sp³-hybridized carbons (Fsp3) is 0.421. The molecule has 0 unspecified atom stereocenters. The van der Waals surface area contributed by atoms with E-state index in [1.54, 1.807) is 6.20 Å². The maximum Gasteiger partial charge on any atom is 0.290 e. The predicted octanol–water partition coefficient (Wildman–Crippen LogP) is 0.313. The van der Waals surface area contributed by atoms with Gasteiger partial charge in [0, 0.05) is 57.2 Å². The molecule has 2 aliphatic heterocycles. The molecule has 0 spiro atoms. The second-order valence-corrected chi connectivity index (χ2v) is 6.78. The van der Waals surface area contributed by atoms with E-state index in [4.69, 9.17) is 4.74 Å². The molecule has 142 valence electrons. The van der Waals surface area contributed by atoms with E-state index in [0.717, 1.165) is 17.9 Å². The molecule has 0 radical (unpaired) electrons. The van der Waals surface area contributed by atoms with Crippen LogP contribution in [0.4, 0.5) is 5.82 Å². The maximum absolute atomic E-state index is 12.7. The van der Waals surface area contributed by atoms with Crippen LogP contribution in [0.3, 0.4) is 0 Å². The third kappa shape index (κ3) is 3.95. The SMILES string of the molecule is O=C(CN1CCOc2ccccc2C1)N1CCN(c2ncc[nH]c2=O)CC1. The van der Waals surface area contributed by atoms with Crippen molar-refractivity contribution in [3.63, 3.8) is 0 Å². The molecule has 1 aromatic carbocycles. The summed E-state index contributed by atoms with van der Waals surface area (Å²) in [6.07, 6.45) is 3.10. The fourth-order valence-electron chi connectivity index (χ4n) is 3.54. The molecule has 1 saturated heterocycles. The minimum Gasteiger partial charge on any atom is -0.492 e. The Bertz CT molecular complexity index is 860. The summed E-state index contributed by atoms with van der Waals surface area (Å²) in [5, 5.41) is 0. The molecule has 1 N–H and O–H groups in total. The molecule has 0 bridgehead atoms. The van der Waals surface area contributed by atoms with E-state index in [1.165, 1.54) is 6.20 Å². The van der Waals surface area contributed by atoms with Crippen LogP contribution in [-0.2, 0) is 11.3 Å². The van der Waals surface area contributed by atoms with Crippen molar-refractivity contribution in [3.05, 3.63) is 52.6 Å². The summed E-state index contributed by atoms with van der Waals surface area (Å²) >= 11 is 0. The Morgan fingerprint density at radius 3 is 2.78 bits per heavy atom. The summed E-state index contributed by atoms with van der Waals surface area (Å²) in [7, 11) is 0. The Morgan fingerprint density at radius 1 is 1.15 bits per heavy atom. The zero-order valence-electron chi connectivity index (χ0n) is 15.1. The van der Waals surface area contributed by atoms with Crippen molar-refractivity contribution in [3.8, 4) is 5.75 Å². The number of carbonyl (C=O) groups is 1. The molecule has 0 saturated carbocycles. The number of para-hydroxylation sites is 1. The first-order valence-corrected chi connectivity index (χ1v) is 9.20. The molecule has 8 heteroatoms. The standard InChI is InChI=1S/C19H23N5O3/c25-17(14-22-11-12-27-16-4-2-1-3-15(16)13-22)23-7-9-24(10-8-23)18-19(26)21-6-5-20-18/h1-6H,7-14H2,(H,21,26). The zero-order valence-corrected chi connectivity index (χ0v) is 15.1. The molecular weight excluding hydrogens is 346 g/mol. The highest BCUT2D eigenvalue weighted by Gasteiger charge is 2.25. The number of aromatic amines is 1. The number of piperazine rings is 1. The Hall–Kier alpha value is -2.87. The number of anilines is 1. The van der Waals surface area contributed by atoms with E-state index in [9.17, 15) is 9.59 Å². The van der Waals surface area contributed by atoms with Gasteiger partial charge in [-0.2, -0.15) is 0 Å². The lowest BCUT2D eigenvalue weighted by Crippen LogP contribution is -2.52. The number of hydrogen-bond acceptors (Lipinski definition) is 6. The number of fused-ring (bicyclic) bond motifs is 1. The summed E-state index contributed by atoms with van der Waals surface area (Å²) in [6.45, 7) is 4.80. The fourth-order valence-corrected chi connectivity index (χ4v) is 3.54. The molecule has 3 heterocycles. The maximum atomic E-state index is 12.7. The summed E-state index contributed by atoms with van der Waals surface area (Å²) in [6, 6.07) is 7.97. The lowest BCUT2D eigenvalue weighted by molar-refractivity contribution is -0.132. The predicted molar refractivity (Wildman–Crippen MR) is 101 cm³/mol. The Morgan fingerprint density at radius 2 is 1.96 bits per heavy atom. The van der Waals surface area contributed by atoms with Gasteiger partial charge in [-0.1, -0.05) is 18.2 Å². The second-order valence-electron chi connectivity index (χ2n) is 6.78. The minimum atomic E-state index is -0.194. The number of nitrogens with one attached hydrogen (secondary N) is 1. The molecule has 1 fully saturated rings. The van der Waals surface area contributed by atoms with Crippen LogP contribution in [0.5, 0.6) is 5.75 Å². The lowest BCUT2D eigenvalue weighted by atomic mass is 10.2. The van der Waals surface area contributed by atoms with Gasteiger partial charge in [0.25, 0.3) is 5.56 Å². The first kappa shape index (κ1) is 17.5. The third-order valence-corrected chi connectivity index (χ3v) is 5.01. The van der Waals surface area contributed by atoms with Crippen LogP contribution >= 0.6 is 0 Å². The Labute approximate surface area is 157 Å². The van der Waals surface area contributed by atoms with Gasteiger partial charge in [0.2, 0.25) is 5.91 Å². The van der Waals surface area contributed by atoms with Crippen molar-refractivity contribution in [1.82, 2.24) is 19.8 Å². The summed E-state index contributed by atoms with van der Waals surface area (Å²) in [5.41, 5.74) is 0.919. The molecule has 2 aromatic rings.